The second-order valence-corrected chi connectivity index (χ2v) is 2.70. The van der Waals surface area contributed by atoms with Gasteiger partial charge in [0, 0.05) is 18.7 Å². The van der Waals surface area contributed by atoms with Gasteiger partial charge in [-0.2, -0.15) is 0 Å². The molecule has 0 atom stereocenters. The highest BCUT2D eigenvalue weighted by Gasteiger charge is 1.93. The standard InChI is InChI=1S/C10H13NO/c1-9-5-2-3-6-10(9)11-7-4-8-12/h2-3,5-6,8,11H,4,7H2,1H3. The van der Waals surface area contributed by atoms with Gasteiger partial charge in [0.15, 0.2) is 0 Å². The van der Waals surface area contributed by atoms with Gasteiger partial charge in [-0.05, 0) is 18.6 Å². The molecule has 1 aromatic carbocycles. The predicted octanol–water partition coefficient (Wildman–Crippen LogP) is 2.00. The maximum Gasteiger partial charge on any atom is 0.121 e. The lowest BCUT2D eigenvalue weighted by Gasteiger charge is -2.06. The van der Waals surface area contributed by atoms with Crippen molar-refractivity contribution >= 4 is 12.0 Å². The normalized spacial score (nSPS) is 9.42. The third kappa shape index (κ3) is 2.38. The number of hydrogen-bond acceptors (Lipinski definition) is 2. The van der Waals surface area contributed by atoms with E-state index in [0.717, 1.165) is 12.0 Å². The molecule has 0 saturated heterocycles. The van der Waals surface area contributed by atoms with Crippen LogP contribution in [0.2, 0.25) is 0 Å². The SMILES string of the molecule is Cc1ccccc1NCCC=O. The molecule has 2 nitrogen and oxygen atoms in total. The largest absolute Gasteiger partial charge is 0.384 e. The van der Waals surface area contributed by atoms with Crippen LogP contribution in [0.15, 0.2) is 24.3 Å². The summed E-state index contributed by atoms with van der Waals surface area (Å²) < 4.78 is 0. The molecule has 1 rings (SSSR count). The Kier molecular flexibility index (Phi) is 3.33. The van der Waals surface area contributed by atoms with Crippen LogP contribution in [0.25, 0.3) is 0 Å². The average Bonchev–Trinajstić information content (AvgIpc) is 2.09. The zero-order valence-electron chi connectivity index (χ0n) is 7.21. The van der Waals surface area contributed by atoms with Gasteiger partial charge in [-0.15, -0.1) is 0 Å². The molecule has 0 aliphatic carbocycles. The van der Waals surface area contributed by atoms with Gasteiger partial charge in [-0.3, -0.25) is 0 Å². The fourth-order valence-electron chi connectivity index (χ4n) is 1.04. The first-order valence-electron chi connectivity index (χ1n) is 4.07. The van der Waals surface area contributed by atoms with Gasteiger partial charge in [-0.1, -0.05) is 18.2 Å². The van der Waals surface area contributed by atoms with Crippen LogP contribution in [0.4, 0.5) is 5.69 Å². The van der Waals surface area contributed by atoms with E-state index in [1.807, 2.05) is 31.2 Å². The first-order chi connectivity index (χ1) is 5.84. The van der Waals surface area contributed by atoms with E-state index in [9.17, 15) is 4.79 Å². The number of benzene rings is 1. The van der Waals surface area contributed by atoms with Gasteiger partial charge in [0.05, 0.1) is 0 Å². The van der Waals surface area contributed by atoms with Crippen molar-refractivity contribution in [2.45, 2.75) is 13.3 Å². The van der Waals surface area contributed by atoms with E-state index in [2.05, 4.69) is 5.32 Å². The van der Waals surface area contributed by atoms with E-state index in [4.69, 9.17) is 0 Å². The Bertz CT molecular complexity index is 258. The van der Waals surface area contributed by atoms with Crippen molar-refractivity contribution in [2.24, 2.45) is 0 Å². The first-order valence-corrected chi connectivity index (χ1v) is 4.07. The van der Waals surface area contributed by atoms with Crippen LogP contribution in [0.5, 0.6) is 0 Å². The highest BCUT2D eigenvalue weighted by molar-refractivity contribution is 5.53. The molecule has 0 unspecified atom stereocenters. The Morgan fingerprint density at radius 1 is 1.42 bits per heavy atom. The van der Waals surface area contributed by atoms with Crippen LogP contribution >= 0.6 is 0 Å². The lowest BCUT2D eigenvalue weighted by Crippen LogP contribution is -2.02. The molecule has 12 heavy (non-hydrogen) atoms. The molecule has 0 saturated carbocycles. The summed E-state index contributed by atoms with van der Waals surface area (Å²) in [4.78, 5) is 10.0. The van der Waals surface area contributed by atoms with E-state index in [0.29, 0.717) is 13.0 Å². The summed E-state index contributed by atoms with van der Waals surface area (Å²) in [6.45, 7) is 2.76. The summed E-state index contributed by atoms with van der Waals surface area (Å²) in [5.41, 5.74) is 2.32. The molecule has 0 aliphatic heterocycles. The lowest BCUT2D eigenvalue weighted by molar-refractivity contribution is -0.107. The van der Waals surface area contributed by atoms with Gasteiger partial charge in [0.1, 0.15) is 6.29 Å². The molecule has 0 spiro atoms. The third-order valence-electron chi connectivity index (χ3n) is 1.72. The van der Waals surface area contributed by atoms with Crippen LogP contribution in [-0.2, 0) is 4.79 Å². The molecular weight excluding hydrogens is 150 g/mol. The van der Waals surface area contributed by atoms with E-state index < -0.39 is 0 Å². The van der Waals surface area contributed by atoms with Crippen LogP contribution < -0.4 is 5.32 Å². The van der Waals surface area contributed by atoms with Crippen molar-refractivity contribution in [3.8, 4) is 0 Å². The Labute approximate surface area is 72.6 Å². The van der Waals surface area contributed by atoms with Crippen molar-refractivity contribution < 1.29 is 4.79 Å². The number of rotatable bonds is 4. The number of nitrogens with one attached hydrogen (secondary N) is 1. The second kappa shape index (κ2) is 4.54. The maximum absolute atomic E-state index is 10.0. The summed E-state index contributed by atoms with van der Waals surface area (Å²) in [7, 11) is 0. The minimum atomic E-state index is 0.564. The van der Waals surface area contributed by atoms with Crippen molar-refractivity contribution in [3.05, 3.63) is 29.8 Å². The number of hydrogen-bond donors (Lipinski definition) is 1. The summed E-state index contributed by atoms with van der Waals surface area (Å²) in [5.74, 6) is 0. The van der Waals surface area contributed by atoms with Gasteiger partial charge >= 0.3 is 0 Å². The molecule has 0 aromatic heterocycles. The molecule has 0 heterocycles. The Morgan fingerprint density at radius 3 is 2.83 bits per heavy atom. The number of carbonyl (C=O) groups excluding carboxylic acids is 1. The summed E-state index contributed by atoms with van der Waals surface area (Å²) >= 11 is 0. The molecule has 0 bridgehead atoms. The van der Waals surface area contributed by atoms with E-state index in [1.165, 1.54) is 5.56 Å². The zero-order valence-corrected chi connectivity index (χ0v) is 7.21. The number of aryl methyl sites for hydroxylation is 1. The summed E-state index contributed by atoms with van der Waals surface area (Å²) in [5, 5.41) is 3.18. The molecule has 1 N–H and O–H groups in total. The van der Waals surface area contributed by atoms with Crippen LogP contribution in [0.3, 0.4) is 0 Å². The number of carbonyl (C=O) groups is 1. The molecule has 0 radical (unpaired) electrons. The minimum Gasteiger partial charge on any atom is -0.384 e. The van der Waals surface area contributed by atoms with Crippen LogP contribution in [0, 0.1) is 6.92 Å². The number of anilines is 1. The molecule has 0 aliphatic rings. The van der Waals surface area contributed by atoms with Crippen molar-refractivity contribution in [1.29, 1.82) is 0 Å². The Balaban J connectivity index is 2.51. The van der Waals surface area contributed by atoms with E-state index in [-0.39, 0.29) is 0 Å². The molecule has 1 aromatic rings. The van der Waals surface area contributed by atoms with Crippen molar-refractivity contribution in [1.82, 2.24) is 0 Å². The zero-order chi connectivity index (χ0) is 8.81. The van der Waals surface area contributed by atoms with Gasteiger partial charge in [0.25, 0.3) is 0 Å². The number of para-hydroxylation sites is 1. The molecule has 2 heteroatoms. The lowest BCUT2D eigenvalue weighted by atomic mass is 10.2. The number of aldehydes is 1. The van der Waals surface area contributed by atoms with Crippen molar-refractivity contribution in [2.75, 3.05) is 11.9 Å². The topological polar surface area (TPSA) is 29.1 Å². The fourth-order valence-corrected chi connectivity index (χ4v) is 1.04. The van der Waals surface area contributed by atoms with Crippen molar-refractivity contribution in [3.63, 3.8) is 0 Å². The quantitative estimate of drug-likeness (QED) is 0.543. The monoisotopic (exact) mass is 163 g/mol. The second-order valence-electron chi connectivity index (χ2n) is 2.70. The van der Waals surface area contributed by atoms with Crippen LogP contribution in [-0.4, -0.2) is 12.8 Å². The summed E-state index contributed by atoms with van der Waals surface area (Å²) in [6, 6.07) is 8.04. The molecule has 64 valence electrons. The highest BCUT2D eigenvalue weighted by atomic mass is 16.1. The molecule has 0 fully saturated rings. The van der Waals surface area contributed by atoms with Gasteiger partial charge < -0.3 is 10.1 Å². The summed E-state index contributed by atoms with van der Waals surface area (Å²) in [6.07, 6.45) is 1.49. The average molecular weight is 163 g/mol. The van der Waals surface area contributed by atoms with Gasteiger partial charge in [-0.25, -0.2) is 0 Å². The predicted molar refractivity (Wildman–Crippen MR) is 50.3 cm³/mol. The van der Waals surface area contributed by atoms with Gasteiger partial charge in [0.2, 0.25) is 0 Å². The molecule has 0 amide bonds. The maximum atomic E-state index is 10.0. The Hall–Kier alpha value is -1.31. The van der Waals surface area contributed by atoms with Crippen LogP contribution in [0.1, 0.15) is 12.0 Å². The van der Waals surface area contributed by atoms with E-state index in [1.54, 1.807) is 0 Å². The first kappa shape index (κ1) is 8.78. The minimum absolute atomic E-state index is 0.564. The Morgan fingerprint density at radius 2 is 2.17 bits per heavy atom. The highest BCUT2D eigenvalue weighted by Crippen LogP contribution is 2.12. The smallest absolute Gasteiger partial charge is 0.121 e. The molecular formula is C10H13NO. The van der Waals surface area contributed by atoms with E-state index >= 15 is 0 Å². The third-order valence-corrected chi connectivity index (χ3v) is 1.72. The fraction of sp³-hybridized carbons (Fsp3) is 0.300.